The zero-order chi connectivity index (χ0) is 26.9. The minimum Gasteiger partial charge on any atom is -0.487 e. The molecule has 36 heavy (non-hydrogen) atoms. The normalized spacial score (nSPS) is 18.9. The molecule has 0 aliphatic carbocycles. The fourth-order valence-electron chi connectivity index (χ4n) is 5.67. The summed E-state index contributed by atoms with van der Waals surface area (Å²) >= 11 is 0. The topological polar surface area (TPSA) is 44.8 Å². The molecule has 1 aliphatic heterocycles. The van der Waals surface area contributed by atoms with Crippen LogP contribution in [0.4, 0.5) is 0 Å². The Kier molecular flexibility index (Phi) is 12.1. The summed E-state index contributed by atoms with van der Waals surface area (Å²) in [6.07, 6.45) is 13.8. The van der Waals surface area contributed by atoms with Gasteiger partial charge in [0.1, 0.15) is 17.1 Å². The summed E-state index contributed by atoms with van der Waals surface area (Å²) < 4.78 is 17.3. The first kappa shape index (κ1) is 30.5. The monoisotopic (exact) mass is 502 g/mol. The van der Waals surface area contributed by atoms with Gasteiger partial charge in [-0.2, -0.15) is 0 Å². The lowest BCUT2D eigenvalue weighted by molar-refractivity contribution is -0.142. The van der Waals surface area contributed by atoms with E-state index in [-0.39, 0.29) is 18.2 Å². The van der Waals surface area contributed by atoms with Crippen LogP contribution < -0.4 is 9.47 Å². The third-order valence-electron chi connectivity index (χ3n) is 8.40. The molecule has 0 amide bonds. The van der Waals surface area contributed by atoms with Gasteiger partial charge < -0.3 is 14.2 Å². The Morgan fingerprint density at radius 1 is 0.889 bits per heavy atom. The van der Waals surface area contributed by atoms with Crippen molar-refractivity contribution in [2.75, 3.05) is 13.7 Å². The number of rotatable bonds is 15. The number of esters is 1. The average molecular weight is 503 g/mol. The van der Waals surface area contributed by atoms with E-state index >= 15 is 0 Å². The third-order valence-corrected chi connectivity index (χ3v) is 8.40. The molecule has 0 saturated carbocycles. The molecule has 0 unspecified atom stereocenters. The fourth-order valence-corrected chi connectivity index (χ4v) is 5.67. The Hall–Kier alpha value is -1.71. The number of carbonyl (C=O) groups is 1. The average Bonchev–Trinajstić information content (AvgIpc) is 2.82. The molecule has 1 heterocycles. The highest BCUT2D eigenvalue weighted by atomic mass is 16.6. The SMILES string of the molecule is COC(=O)COc1c(C)c(C)c2c(c1C)CC[C@@](C)(CCC[C@H](C)CCC[C@H](C)CCCC(C)C)O2. The molecule has 4 heteroatoms. The lowest BCUT2D eigenvalue weighted by atomic mass is 9.83. The first-order valence-corrected chi connectivity index (χ1v) is 14.5. The number of carbonyl (C=O) groups excluding carboxylic acids is 1. The van der Waals surface area contributed by atoms with Gasteiger partial charge >= 0.3 is 5.97 Å². The number of hydrogen-bond donors (Lipinski definition) is 0. The fraction of sp³-hybridized carbons (Fsp3) is 0.781. The van der Waals surface area contributed by atoms with E-state index < -0.39 is 0 Å². The van der Waals surface area contributed by atoms with E-state index in [0.29, 0.717) is 0 Å². The molecular weight excluding hydrogens is 448 g/mol. The van der Waals surface area contributed by atoms with Crippen LogP contribution in [-0.4, -0.2) is 25.3 Å². The van der Waals surface area contributed by atoms with Gasteiger partial charge in [-0.05, 0) is 87.8 Å². The Bertz CT molecular complexity index is 843. The van der Waals surface area contributed by atoms with Crippen LogP contribution in [0.1, 0.15) is 121 Å². The van der Waals surface area contributed by atoms with Gasteiger partial charge in [-0.3, -0.25) is 0 Å². The van der Waals surface area contributed by atoms with Crippen LogP contribution in [0.3, 0.4) is 0 Å². The molecule has 0 radical (unpaired) electrons. The Labute approximate surface area is 221 Å². The Morgan fingerprint density at radius 3 is 2.06 bits per heavy atom. The molecule has 0 N–H and O–H groups in total. The highest BCUT2D eigenvalue weighted by molar-refractivity contribution is 5.71. The molecule has 1 aromatic rings. The summed E-state index contributed by atoms with van der Waals surface area (Å²) in [4.78, 5) is 11.6. The lowest BCUT2D eigenvalue weighted by Crippen LogP contribution is -2.37. The maximum atomic E-state index is 11.6. The highest BCUT2D eigenvalue weighted by Gasteiger charge is 2.34. The van der Waals surface area contributed by atoms with E-state index in [1.807, 2.05) is 0 Å². The predicted octanol–water partition coefficient (Wildman–Crippen LogP) is 8.69. The number of fused-ring (bicyclic) bond motifs is 1. The third kappa shape index (κ3) is 8.99. The van der Waals surface area contributed by atoms with Crippen molar-refractivity contribution < 1.29 is 19.0 Å². The summed E-state index contributed by atoms with van der Waals surface area (Å²) in [6.45, 7) is 18.0. The Balaban J connectivity index is 1.84. The molecule has 1 aliphatic rings. The summed E-state index contributed by atoms with van der Waals surface area (Å²) in [5.74, 6) is 3.95. The van der Waals surface area contributed by atoms with Gasteiger partial charge in [-0.1, -0.05) is 72.6 Å². The molecule has 0 spiro atoms. The highest BCUT2D eigenvalue weighted by Crippen LogP contribution is 2.45. The summed E-state index contributed by atoms with van der Waals surface area (Å²) in [5.41, 5.74) is 4.37. The molecule has 3 atom stereocenters. The van der Waals surface area contributed by atoms with Crippen molar-refractivity contribution >= 4 is 5.97 Å². The molecule has 0 fully saturated rings. The van der Waals surface area contributed by atoms with Crippen molar-refractivity contribution in [1.29, 1.82) is 0 Å². The molecule has 0 aromatic heterocycles. The van der Waals surface area contributed by atoms with Crippen molar-refractivity contribution in [2.24, 2.45) is 17.8 Å². The van der Waals surface area contributed by atoms with Gasteiger partial charge in [0.25, 0.3) is 0 Å². The van der Waals surface area contributed by atoms with Crippen molar-refractivity contribution in [2.45, 2.75) is 132 Å². The first-order chi connectivity index (χ1) is 17.0. The summed E-state index contributed by atoms with van der Waals surface area (Å²) in [7, 11) is 1.38. The maximum Gasteiger partial charge on any atom is 0.343 e. The van der Waals surface area contributed by atoms with E-state index in [9.17, 15) is 4.79 Å². The van der Waals surface area contributed by atoms with Gasteiger partial charge in [0.2, 0.25) is 0 Å². The minimum atomic E-state index is -0.363. The van der Waals surface area contributed by atoms with Crippen LogP contribution in [0.25, 0.3) is 0 Å². The van der Waals surface area contributed by atoms with Crippen LogP contribution >= 0.6 is 0 Å². The van der Waals surface area contributed by atoms with E-state index in [4.69, 9.17) is 14.2 Å². The van der Waals surface area contributed by atoms with Crippen LogP contribution in [0.5, 0.6) is 11.5 Å². The van der Waals surface area contributed by atoms with E-state index in [0.717, 1.165) is 65.2 Å². The van der Waals surface area contributed by atoms with Crippen molar-refractivity contribution in [3.63, 3.8) is 0 Å². The molecule has 2 rings (SSSR count). The van der Waals surface area contributed by atoms with Gasteiger partial charge in [0, 0.05) is 5.56 Å². The molecular formula is C32H54O4. The molecule has 4 nitrogen and oxygen atoms in total. The van der Waals surface area contributed by atoms with Crippen LogP contribution in [0.2, 0.25) is 0 Å². The number of ether oxygens (including phenoxy) is 3. The second-order valence-electron chi connectivity index (χ2n) is 12.3. The maximum absolute atomic E-state index is 11.6. The smallest absolute Gasteiger partial charge is 0.343 e. The quantitative estimate of drug-likeness (QED) is 0.225. The van der Waals surface area contributed by atoms with Crippen molar-refractivity contribution in [3.05, 3.63) is 22.3 Å². The number of benzene rings is 1. The van der Waals surface area contributed by atoms with Gasteiger partial charge in [0.15, 0.2) is 6.61 Å². The molecule has 206 valence electrons. The van der Waals surface area contributed by atoms with Gasteiger partial charge in [0.05, 0.1) is 7.11 Å². The molecule has 1 aromatic carbocycles. The minimum absolute atomic E-state index is 0.0653. The first-order valence-electron chi connectivity index (χ1n) is 14.5. The predicted molar refractivity (Wildman–Crippen MR) is 150 cm³/mol. The number of methoxy groups -OCH3 is 1. The zero-order valence-electron chi connectivity index (χ0n) is 24.9. The second kappa shape index (κ2) is 14.3. The van der Waals surface area contributed by atoms with Crippen molar-refractivity contribution in [3.8, 4) is 11.5 Å². The summed E-state index contributed by atoms with van der Waals surface area (Å²) in [6, 6.07) is 0. The molecule has 0 saturated heterocycles. The van der Waals surface area contributed by atoms with E-state index in [1.54, 1.807) is 0 Å². The van der Waals surface area contributed by atoms with Crippen molar-refractivity contribution in [1.82, 2.24) is 0 Å². The van der Waals surface area contributed by atoms with E-state index in [1.165, 1.54) is 64.0 Å². The lowest BCUT2D eigenvalue weighted by Gasteiger charge is -2.38. The second-order valence-corrected chi connectivity index (χ2v) is 12.3. The number of hydrogen-bond acceptors (Lipinski definition) is 4. The van der Waals surface area contributed by atoms with Crippen LogP contribution in [0, 0.1) is 38.5 Å². The Morgan fingerprint density at radius 2 is 1.47 bits per heavy atom. The largest absolute Gasteiger partial charge is 0.487 e. The van der Waals surface area contributed by atoms with E-state index in [2.05, 4.69) is 55.4 Å². The standard InChI is InChI=1S/C32H54O4/c1-22(2)13-10-14-23(3)15-11-16-24(4)17-12-19-32(8)20-18-28-27(7)30(35-21-29(33)34-9)25(5)26(6)31(28)36-32/h22-24H,10-21H2,1-9H3/t23-,24-,32-/m1/s1. The zero-order valence-corrected chi connectivity index (χ0v) is 24.9. The van der Waals surface area contributed by atoms with Crippen LogP contribution in [0.15, 0.2) is 0 Å². The summed E-state index contributed by atoms with van der Waals surface area (Å²) in [5, 5.41) is 0. The molecule has 0 bridgehead atoms. The van der Waals surface area contributed by atoms with Gasteiger partial charge in [-0.25, -0.2) is 4.79 Å². The van der Waals surface area contributed by atoms with Crippen LogP contribution in [-0.2, 0) is 16.0 Å². The van der Waals surface area contributed by atoms with Gasteiger partial charge in [-0.15, -0.1) is 0 Å².